The van der Waals surface area contributed by atoms with Gasteiger partial charge in [0, 0.05) is 12.1 Å². The molecular weight excluding hydrogens is 289 g/mol. The van der Waals surface area contributed by atoms with Crippen molar-refractivity contribution in [2.24, 2.45) is 0 Å². The zero-order chi connectivity index (χ0) is 14.8. The highest BCUT2D eigenvalue weighted by Crippen LogP contribution is 2.30. The SMILES string of the molecule is O=C1CCc2cc(C(Cl)Cc3cccc(F)c3)ccc2N1. The van der Waals surface area contributed by atoms with Gasteiger partial charge < -0.3 is 5.32 Å². The molecule has 0 bridgehead atoms. The molecule has 108 valence electrons. The Morgan fingerprint density at radius 1 is 1.19 bits per heavy atom. The van der Waals surface area contributed by atoms with Crippen LogP contribution < -0.4 is 5.32 Å². The van der Waals surface area contributed by atoms with Crippen molar-refractivity contribution in [1.29, 1.82) is 0 Å². The minimum absolute atomic E-state index is 0.0532. The summed E-state index contributed by atoms with van der Waals surface area (Å²) in [6, 6.07) is 12.3. The lowest BCUT2D eigenvalue weighted by molar-refractivity contribution is -0.116. The first-order chi connectivity index (χ1) is 10.1. The van der Waals surface area contributed by atoms with E-state index >= 15 is 0 Å². The van der Waals surface area contributed by atoms with E-state index in [9.17, 15) is 9.18 Å². The van der Waals surface area contributed by atoms with E-state index in [0.29, 0.717) is 12.8 Å². The molecule has 2 aromatic rings. The Hall–Kier alpha value is -1.87. The van der Waals surface area contributed by atoms with Gasteiger partial charge in [-0.05, 0) is 47.7 Å². The second kappa shape index (κ2) is 5.86. The van der Waals surface area contributed by atoms with Crippen molar-refractivity contribution in [3.8, 4) is 0 Å². The summed E-state index contributed by atoms with van der Waals surface area (Å²) in [6.45, 7) is 0. The zero-order valence-corrected chi connectivity index (χ0v) is 12.2. The fourth-order valence-electron chi connectivity index (χ4n) is 2.59. The maximum Gasteiger partial charge on any atom is 0.224 e. The number of nitrogens with one attached hydrogen (secondary N) is 1. The zero-order valence-electron chi connectivity index (χ0n) is 11.4. The average Bonchev–Trinajstić information content (AvgIpc) is 2.46. The van der Waals surface area contributed by atoms with Gasteiger partial charge in [-0.2, -0.15) is 0 Å². The number of carbonyl (C=O) groups excluding carboxylic acids is 1. The number of benzene rings is 2. The molecule has 2 aromatic carbocycles. The number of fused-ring (bicyclic) bond motifs is 1. The first-order valence-electron chi connectivity index (χ1n) is 6.93. The lowest BCUT2D eigenvalue weighted by Gasteiger charge is -2.19. The summed E-state index contributed by atoms with van der Waals surface area (Å²) in [6.07, 6.45) is 1.82. The van der Waals surface area contributed by atoms with Crippen molar-refractivity contribution < 1.29 is 9.18 Å². The van der Waals surface area contributed by atoms with Crippen molar-refractivity contribution in [2.45, 2.75) is 24.6 Å². The lowest BCUT2D eigenvalue weighted by Crippen LogP contribution is -2.19. The summed E-state index contributed by atoms with van der Waals surface area (Å²) in [5.74, 6) is -0.193. The van der Waals surface area contributed by atoms with Gasteiger partial charge in [0.2, 0.25) is 5.91 Å². The van der Waals surface area contributed by atoms with Gasteiger partial charge in [-0.3, -0.25) is 4.79 Å². The van der Waals surface area contributed by atoms with Crippen LogP contribution in [0.3, 0.4) is 0 Å². The van der Waals surface area contributed by atoms with E-state index in [1.54, 1.807) is 6.07 Å². The van der Waals surface area contributed by atoms with Crippen LogP contribution in [0.5, 0.6) is 0 Å². The fraction of sp³-hybridized carbons (Fsp3) is 0.235. The van der Waals surface area contributed by atoms with E-state index in [2.05, 4.69) is 5.32 Å². The third kappa shape index (κ3) is 3.24. The molecule has 0 radical (unpaired) electrons. The molecule has 1 N–H and O–H groups in total. The Morgan fingerprint density at radius 2 is 2.05 bits per heavy atom. The summed E-state index contributed by atoms with van der Waals surface area (Å²) in [5, 5.41) is 2.64. The quantitative estimate of drug-likeness (QED) is 0.845. The molecule has 3 rings (SSSR count). The molecule has 21 heavy (non-hydrogen) atoms. The molecule has 1 unspecified atom stereocenters. The van der Waals surface area contributed by atoms with Crippen LogP contribution in [0.4, 0.5) is 10.1 Å². The van der Waals surface area contributed by atoms with E-state index in [1.165, 1.54) is 12.1 Å². The molecule has 0 saturated carbocycles. The van der Waals surface area contributed by atoms with Gasteiger partial charge in [0.25, 0.3) is 0 Å². The molecule has 1 aliphatic rings. The van der Waals surface area contributed by atoms with Gasteiger partial charge in [0.1, 0.15) is 5.82 Å². The second-order valence-electron chi connectivity index (χ2n) is 5.27. The average molecular weight is 304 g/mol. The predicted octanol–water partition coefficient (Wildman–Crippen LogP) is 4.23. The first kappa shape index (κ1) is 14.1. The third-order valence-corrected chi connectivity index (χ3v) is 4.10. The summed E-state index contributed by atoms with van der Waals surface area (Å²) < 4.78 is 13.2. The first-order valence-corrected chi connectivity index (χ1v) is 7.36. The Morgan fingerprint density at radius 3 is 2.86 bits per heavy atom. The van der Waals surface area contributed by atoms with E-state index in [1.807, 2.05) is 24.3 Å². The monoisotopic (exact) mass is 303 g/mol. The summed E-state index contributed by atoms with van der Waals surface area (Å²) in [5.41, 5.74) is 3.85. The largest absolute Gasteiger partial charge is 0.326 e. The smallest absolute Gasteiger partial charge is 0.224 e. The topological polar surface area (TPSA) is 29.1 Å². The Kier molecular flexibility index (Phi) is 3.93. The van der Waals surface area contributed by atoms with Crippen LogP contribution in [0.25, 0.3) is 0 Å². The van der Waals surface area contributed by atoms with E-state index < -0.39 is 0 Å². The number of rotatable bonds is 3. The van der Waals surface area contributed by atoms with E-state index in [4.69, 9.17) is 11.6 Å². The molecule has 1 atom stereocenters. The molecule has 1 heterocycles. The van der Waals surface area contributed by atoms with Crippen molar-refractivity contribution in [2.75, 3.05) is 5.32 Å². The van der Waals surface area contributed by atoms with Gasteiger partial charge in [0.05, 0.1) is 5.38 Å². The second-order valence-corrected chi connectivity index (χ2v) is 5.79. The Bertz CT molecular complexity index is 686. The Labute approximate surface area is 127 Å². The molecule has 0 aromatic heterocycles. The highest BCUT2D eigenvalue weighted by Gasteiger charge is 2.17. The number of hydrogen-bond donors (Lipinski definition) is 1. The molecule has 0 spiro atoms. The van der Waals surface area contributed by atoms with Gasteiger partial charge >= 0.3 is 0 Å². The van der Waals surface area contributed by atoms with Crippen molar-refractivity contribution in [1.82, 2.24) is 0 Å². The molecule has 2 nitrogen and oxygen atoms in total. The number of carbonyl (C=O) groups is 1. The normalized spacial score (nSPS) is 15.2. The standard InChI is InChI=1S/C17H15ClFNO/c18-15(9-11-2-1-3-14(19)8-11)12-4-6-16-13(10-12)5-7-17(21)20-16/h1-4,6,8,10,15H,5,7,9H2,(H,20,21). The molecule has 0 aliphatic carbocycles. The summed E-state index contributed by atoms with van der Waals surface area (Å²) >= 11 is 6.45. The minimum Gasteiger partial charge on any atom is -0.326 e. The number of halogens is 2. The highest BCUT2D eigenvalue weighted by atomic mass is 35.5. The number of aryl methyl sites for hydroxylation is 1. The Balaban J connectivity index is 1.79. The van der Waals surface area contributed by atoms with Gasteiger partial charge in [-0.15, -0.1) is 11.6 Å². The minimum atomic E-state index is -0.246. The van der Waals surface area contributed by atoms with E-state index in [-0.39, 0.29) is 17.1 Å². The van der Waals surface area contributed by atoms with Crippen LogP contribution in [0, 0.1) is 5.82 Å². The summed E-state index contributed by atoms with van der Waals surface area (Å²) in [7, 11) is 0. The van der Waals surface area contributed by atoms with Crippen molar-refractivity contribution in [3.63, 3.8) is 0 Å². The maximum atomic E-state index is 13.2. The highest BCUT2D eigenvalue weighted by molar-refractivity contribution is 6.21. The maximum absolute atomic E-state index is 13.2. The third-order valence-electron chi connectivity index (χ3n) is 3.69. The molecule has 1 aliphatic heterocycles. The lowest BCUT2D eigenvalue weighted by atomic mass is 9.97. The fourth-order valence-corrected chi connectivity index (χ4v) is 2.90. The van der Waals surface area contributed by atoms with Crippen LogP contribution >= 0.6 is 11.6 Å². The molecule has 0 saturated heterocycles. The van der Waals surface area contributed by atoms with Gasteiger partial charge in [-0.25, -0.2) is 4.39 Å². The van der Waals surface area contributed by atoms with Crippen LogP contribution in [0.1, 0.15) is 28.5 Å². The predicted molar refractivity (Wildman–Crippen MR) is 82.1 cm³/mol. The van der Waals surface area contributed by atoms with Gasteiger partial charge in [0.15, 0.2) is 0 Å². The van der Waals surface area contributed by atoms with E-state index in [0.717, 1.165) is 28.8 Å². The van der Waals surface area contributed by atoms with Crippen LogP contribution in [0.2, 0.25) is 0 Å². The molecule has 1 amide bonds. The van der Waals surface area contributed by atoms with Crippen LogP contribution in [-0.2, 0) is 17.6 Å². The van der Waals surface area contributed by atoms with Crippen molar-refractivity contribution in [3.05, 3.63) is 65.0 Å². The van der Waals surface area contributed by atoms with Crippen LogP contribution in [-0.4, -0.2) is 5.91 Å². The van der Waals surface area contributed by atoms with Crippen LogP contribution in [0.15, 0.2) is 42.5 Å². The molecule has 0 fully saturated rings. The number of hydrogen-bond acceptors (Lipinski definition) is 1. The molecular formula is C17H15ClFNO. The molecule has 4 heteroatoms. The number of amides is 1. The number of anilines is 1. The van der Waals surface area contributed by atoms with Gasteiger partial charge in [-0.1, -0.05) is 24.3 Å². The number of alkyl halides is 1. The summed E-state index contributed by atoms with van der Waals surface area (Å²) in [4.78, 5) is 11.3. The van der Waals surface area contributed by atoms with Crippen molar-refractivity contribution >= 4 is 23.2 Å².